The molecule has 0 heterocycles. The van der Waals surface area contributed by atoms with Crippen LogP contribution in [0.2, 0.25) is 0 Å². The average Bonchev–Trinajstić information content (AvgIpc) is 3.86. The Hall–Kier alpha value is -4.83. The lowest BCUT2D eigenvalue weighted by Gasteiger charge is -2.24. The summed E-state index contributed by atoms with van der Waals surface area (Å²) in [7, 11) is 3.97. The number of esters is 3. The third-order valence-electron chi connectivity index (χ3n) is 8.98. The molecule has 0 aliphatic heterocycles. The van der Waals surface area contributed by atoms with Crippen LogP contribution in [0.4, 0.5) is 0 Å². The van der Waals surface area contributed by atoms with E-state index in [9.17, 15) is 14.4 Å². The summed E-state index contributed by atoms with van der Waals surface area (Å²) in [6.07, 6.45) is 12.2. The van der Waals surface area contributed by atoms with Crippen LogP contribution in [0.25, 0.3) is 4.85 Å². The number of hydrogen-bond donors (Lipinski definition) is 0. The molecule has 0 N–H and O–H groups in total. The first kappa shape index (κ1) is 41.3. The van der Waals surface area contributed by atoms with Crippen LogP contribution in [0.15, 0.2) is 49.1 Å². The van der Waals surface area contributed by atoms with Crippen LogP contribution in [-0.2, 0) is 40.6 Å². The summed E-state index contributed by atoms with van der Waals surface area (Å²) in [6.45, 7) is 15.1. The first-order valence-corrected chi connectivity index (χ1v) is 17.2. The minimum absolute atomic E-state index is 0.104. The lowest BCUT2D eigenvalue weighted by Crippen LogP contribution is -2.25. The van der Waals surface area contributed by atoms with Gasteiger partial charge in [-0.1, -0.05) is 30.8 Å². The molecule has 0 atom stereocenters. The molecular formula is C40H52N2O8. The summed E-state index contributed by atoms with van der Waals surface area (Å²) in [5.74, 6) is 0.587. The third kappa shape index (κ3) is 13.6. The van der Waals surface area contributed by atoms with Crippen molar-refractivity contribution in [3.63, 3.8) is 0 Å². The Labute approximate surface area is 297 Å². The minimum atomic E-state index is -1.01. The van der Waals surface area contributed by atoms with E-state index in [1.165, 1.54) is 59.9 Å². The van der Waals surface area contributed by atoms with Crippen LogP contribution in [0.5, 0.6) is 11.5 Å². The molecule has 50 heavy (non-hydrogen) atoms. The zero-order valence-electron chi connectivity index (χ0n) is 30.3. The van der Waals surface area contributed by atoms with Gasteiger partial charge in [-0.05, 0) is 94.0 Å². The predicted molar refractivity (Wildman–Crippen MR) is 190 cm³/mol. The summed E-state index contributed by atoms with van der Waals surface area (Å²) in [5, 5.41) is 8.67. The van der Waals surface area contributed by atoms with Gasteiger partial charge >= 0.3 is 17.9 Å². The quantitative estimate of drug-likeness (QED) is 0.0889. The summed E-state index contributed by atoms with van der Waals surface area (Å²) >= 11 is 0. The molecule has 270 valence electrons. The maximum Gasteiger partial charge on any atom is 0.329 e. The Morgan fingerprint density at radius 2 is 1.32 bits per heavy atom. The average molecular weight is 689 g/mol. The standard InChI is InChI=1S/C22H29NO5.C14H17NO.C4H6O2/c1-16-9-10-17(15-19(16)28-18-7-5-6-8-18)22(23-2,13-11-20(24)26-3)14-12-21(25)27-4;1-11-6-7-12(8-9-15)10-14(11)16-13-4-2-3-5-13;1-3-4(5)6-2/h9-10,15,18H,5-8,11-14H2,1,3-4H3;6-7,10,13H,2-5,8H2,1H3;3H,1H2,2H3. The minimum Gasteiger partial charge on any atom is -0.490 e. The number of carbonyl (C=O) groups excluding carboxylic acids is 3. The molecule has 0 radical (unpaired) electrons. The predicted octanol–water partition coefficient (Wildman–Crippen LogP) is 8.07. The van der Waals surface area contributed by atoms with Crippen molar-refractivity contribution < 1.29 is 38.1 Å². The van der Waals surface area contributed by atoms with E-state index in [0.717, 1.165) is 52.7 Å². The Morgan fingerprint density at radius 3 is 1.72 bits per heavy atom. The van der Waals surface area contributed by atoms with Gasteiger partial charge < -0.3 is 28.5 Å². The van der Waals surface area contributed by atoms with Gasteiger partial charge in [0.25, 0.3) is 5.54 Å². The van der Waals surface area contributed by atoms with Crippen molar-refractivity contribution in [2.45, 2.75) is 115 Å². The molecule has 2 saturated carbocycles. The highest BCUT2D eigenvalue weighted by Crippen LogP contribution is 2.39. The van der Waals surface area contributed by atoms with Crippen LogP contribution in [0, 0.1) is 31.8 Å². The van der Waals surface area contributed by atoms with Gasteiger partial charge in [-0.25, -0.2) is 11.4 Å². The Balaban J connectivity index is 0.000000328. The van der Waals surface area contributed by atoms with Crippen LogP contribution in [0.1, 0.15) is 99.3 Å². The van der Waals surface area contributed by atoms with Crippen molar-refractivity contribution in [2.75, 3.05) is 21.3 Å². The number of nitriles is 1. The van der Waals surface area contributed by atoms with E-state index < -0.39 is 11.5 Å². The maximum atomic E-state index is 11.7. The fraction of sp³-hybridized carbons (Fsp3) is 0.525. The SMILES string of the molecule is C=CC(=O)OC.Cc1ccc(CC#N)cc1OC1CCCC1.[C-]#[N+]C(CCC(=O)OC)(CCC(=O)OC)c1ccc(C)c(OC2CCCC2)c1. The van der Waals surface area contributed by atoms with Crippen LogP contribution in [0.3, 0.4) is 0 Å². The zero-order valence-corrected chi connectivity index (χ0v) is 30.3. The van der Waals surface area contributed by atoms with Gasteiger partial charge in [0, 0.05) is 24.5 Å². The van der Waals surface area contributed by atoms with Gasteiger partial charge in [0.15, 0.2) is 0 Å². The van der Waals surface area contributed by atoms with Crippen molar-refractivity contribution in [1.29, 1.82) is 5.26 Å². The molecule has 2 aliphatic rings. The highest BCUT2D eigenvalue weighted by molar-refractivity contribution is 5.80. The van der Waals surface area contributed by atoms with Gasteiger partial charge in [-0.3, -0.25) is 9.59 Å². The molecule has 2 fully saturated rings. The molecule has 0 amide bonds. The summed E-state index contributed by atoms with van der Waals surface area (Å²) in [5.41, 5.74) is 2.96. The molecule has 0 spiro atoms. The van der Waals surface area contributed by atoms with Gasteiger partial charge in [0.2, 0.25) is 0 Å². The van der Waals surface area contributed by atoms with Gasteiger partial charge in [0.05, 0.1) is 58.9 Å². The highest BCUT2D eigenvalue weighted by Gasteiger charge is 2.40. The second-order valence-electron chi connectivity index (χ2n) is 12.5. The number of rotatable bonds is 13. The lowest BCUT2D eigenvalue weighted by atomic mass is 9.81. The Bertz CT molecular complexity index is 1470. The lowest BCUT2D eigenvalue weighted by molar-refractivity contribution is -0.141. The first-order chi connectivity index (χ1) is 24.0. The van der Waals surface area contributed by atoms with Crippen LogP contribution < -0.4 is 9.47 Å². The van der Waals surface area contributed by atoms with E-state index in [1.54, 1.807) is 0 Å². The monoisotopic (exact) mass is 688 g/mol. The Kier molecular flexibility index (Phi) is 18.2. The van der Waals surface area contributed by atoms with Crippen molar-refractivity contribution >= 4 is 17.9 Å². The molecule has 10 heteroatoms. The maximum absolute atomic E-state index is 11.7. The molecule has 0 saturated heterocycles. The second-order valence-corrected chi connectivity index (χ2v) is 12.5. The number of benzene rings is 2. The molecular weight excluding hydrogens is 636 g/mol. The smallest absolute Gasteiger partial charge is 0.329 e. The molecule has 2 aromatic rings. The summed E-state index contributed by atoms with van der Waals surface area (Å²) < 4.78 is 25.8. The number of ether oxygens (including phenoxy) is 5. The fourth-order valence-electron chi connectivity index (χ4n) is 5.86. The van der Waals surface area contributed by atoms with Crippen molar-refractivity contribution in [3.8, 4) is 17.6 Å². The number of hydrogen-bond acceptors (Lipinski definition) is 9. The largest absolute Gasteiger partial charge is 0.490 e. The van der Waals surface area contributed by atoms with Gasteiger partial charge in [-0.2, -0.15) is 5.26 Å². The number of nitrogens with zero attached hydrogens (tertiary/aromatic N) is 2. The molecule has 10 nitrogen and oxygen atoms in total. The number of aryl methyl sites for hydroxylation is 2. The number of carbonyl (C=O) groups is 3. The molecule has 0 aromatic heterocycles. The Morgan fingerprint density at radius 1 is 0.840 bits per heavy atom. The van der Waals surface area contributed by atoms with E-state index in [-0.39, 0.29) is 43.7 Å². The van der Waals surface area contributed by atoms with Gasteiger partial charge in [-0.15, -0.1) is 0 Å². The molecule has 2 aromatic carbocycles. The fourth-order valence-corrected chi connectivity index (χ4v) is 5.86. The topological polar surface area (TPSA) is 126 Å². The van der Waals surface area contributed by atoms with E-state index in [0.29, 0.717) is 12.5 Å². The molecule has 0 unspecified atom stereocenters. The van der Waals surface area contributed by atoms with E-state index in [1.807, 2.05) is 43.3 Å². The van der Waals surface area contributed by atoms with E-state index >= 15 is 0 Å². The highest BCUT2D eigenvalue weighted by atomic mass is 16.5. The van der Waals surface area contributed by atoms with Gasteiger partial charge in [0.1, 0.15) is 11.5 Å². The van der Waals surface area contributed by atoms with Crippen LogP contribution in [-0.4, -0.2) is 51.4 Å². The second kappa shape index (κ2) is 22.0. The van der Waals surface area contributed by atoms with E-state index in [4.69, 9.17) is 30.8 Å². The number of methoxy groups -OCH3 is 3. The normalized spacial score (nSPS) is 14.0. The van der Waals surface area contributed by atoms with E-state index in [2.05, 4.69) is 29.2 Å². The summed E-state index contributed by atoms with van der Waals surface area (Å²) in [4.78, 5) is 37.1. The third-order valence-corrected chi connectivity index (χ3v) is 8.98. The zero-order chi connectivity index (χ0) is 36.9. The van der Waals surface area contributed by atoms with Crippen molar-refractivity contribution in [2.24, 2.45) is 0 Å². The summed E-state index contributed by atoms with van der Waals surface area (Å²) in [6, 6.07) is 14.0. The van der Waals surface area contributed by atoms with Crippen molar-refractivity contribution in [3.05, 3.63) is 82.7 Å². The molecule has 4 rings (SSSR count). The van der Waals surface area contributed by atoms with Crippen LogP contribution >= 0.6 is 0 Å². The molecule has 0 bridgehead atoms. The van der Waals surface area contributed by atoms with Crippen molar-refractivity contribution in [1.82, 2.24) is 0 Å². The molecule has 2 aliphatic carbocycles. The first-order valence-electron chi connectivity index (χ1n) is 17.2.